The van der Waals surface area contributed by atoms with Crippen LogP contribution in [0.5, 0.6) is 0 Å². The Hall–Kier alpha value is -1.01. The highest BCUT2D eigenvalue weighted by Gasteiger charge is 2.33. The first-order chi connectivity index (χ1) is 8.93. The topological polar surface area (TPSA) is 54.5 Å². The highest BCUT2D eigenvalue weighted by molar-refractivity contribution is 7.98. The lowest BCUT2D eigenvalue weighted by atomic mass is 10.2. The monoisotopic (exact) mass is 299 g/mol. The van der Waals surface area contributed by atoms with E-state index in [2.05, 4.69) is 0 Å². The number of rotatable bonds is 3. The Balaban J connectivity index is 2.18. The van der Waals surface area contributed by atoms with Crippen LogP contribution in [-0.2, 0) is 9.84 Å². The van der Waals surface area contributed by atoms with Crippen LogP contribution in [0.25, 0.3) is 0 Å². The van der Waals surface area contributed by atoms with Gasteiger partial charge in [0.1, 0.15) is 0 Å². The largest absolute Gasteiger partial charge is 0.337 e. The highest BCUT2D eigenvalue weighted by atomic mass is 32.2. The molecule has 1 fully saturated rings. The number of benzene rings is 1. The number of likely N-dealkylation sites (tertiary alicyclic amines) is 1. The van der Waals surface area contributed by atoms with Gasteiger partial charge in [-0.05, 0) is 24.8 Å². The van der Waals surface area contributed by atoms with E-state index in [0.717, 1.165) is 4.90 Å². The molecule has 1 aliphatic rings. The zero-order valence-corrected chi connectivity index (χ0v) is 12.6. The smallest absolute Gasteiger partial charge is 0.255 e. The Labute approximate surface area is 118 Å². The first kappa shape index (κ1) is 14.4. The Morgan fingerprint density at radius 1 is 1.37 bits per heavy atom. The van der Waals surface area contributed by atoms with E-state index in [1.807, 2.05) is 24.5 Å². The summed E-state index contributed by atoms with van der Waals surface area (Å²) in [7, 11) is -3.07. The van der Waals surface area contributed by atoms with Crippen molar-refractivity contribution >= 4 is 27.5 Å². The van der Waals surface area contributed by atoms with Crippen LogP contribution in [-0.4, -0.2) is 50.1 Å². The van der Waals surface area contributed by atoms with Crippen LogP contribution in [0.1, 0.15) is 16.8 Å². The fraction of sp³-hybridized carbons (Fsp3) is 0.462. The maximum atomic E-state index is 12.4. The van der Waals surface area contributed by atoms with E-state index in [0.29, 0.717) is 25.1 Å². The van der Waals surface area contributed by atoms with Crippen molar-refractivity contribution in [3.8, 4) is 0 Å². The SMILES string of the molecule is CSc1ccccc1C(=O)N1CCC(S(C)(=O)=O)C1. The van der Waals surface area contributed by atoms with Crippen molar-refractivity contribution < 1.29 is 13.2 Å². The van der Waals surface area contributed by atoms with Crippen LogP contribution in [0.3, 0.4) is 0 Å². The second-order valence-electron chi connectivity index (χ2n) is 4.69. The normalized spacial score (nSPS) is 19.7. The maximum Gasteiger partial charge on any atom is 0.255 e. The number of hydrogen-bond donors (Lipinski definition) is 0. The number of sulfone groups is 1. The molecule has 0 spiro atoms. The fourth-order valence-electron chi connectivity index (χ4n) is 2.25. The molecule has 0 radical (unpaired) electrons. The van der Waals surface area contributed by atoms with Crippen molar-refractivity contribution in [1.82, 2.24) is 4.90 Å². The number of nitrogens with zero attached hydrogens (tertiary/aromatic N) is 1. The second-order valence-corrected chi connectivity index (χ2v) is 7.87. The Morgan fingerprint density at radius 2 is 2.05 bits per heavy atom. The molecule has 0 bridgehead atoms. The molecule has 0 N–H and O–H groups in total. The minimum Gasteiger partial charge on any atom is -0.337 e. The van der Waals surface area contributed by atoms with Crippen LogP contribution in [0.15, 0.2) is 29.2 Å². The van der Waals surface area contributed by atoms with Crippen LogP contribution < -0.4 is 0 Å². The molecule has 0 aromatic heterocycles. The molecule has 1 atom stereocenters. The van der Waals surface area contributed by atoms with Gasteiger partial charge >= 0.3 is 0 Å². The molecule has 0 aliphatic carbocycles. The summed E-state index contributed by atoms with van der Waals surface area (Å²) in [4.78, 5) is 15.0. The van der Waals surface area contributed by atoms with Crippen LogP contribution >= 0.6 is 11.8 Å². The average Bonchev–Trinajstić information content (AvgIpc) is 2.87. The number of hydrogen-bond acceptors (Lipinski definition) is 4. The van der Waals surface area contributed by atoms with Gasteiger partial charge in [0.2, 0.25) is 0 Å². The van der Waals surface area contributed by atoms with Gasteiger partial charge in [0.25, 0.3) is 5.91 Å². The van der Waals surface area contributed by atoms with E-state index >= 15 is 0 Å². The van der Waals surface area contributed by atoms with Crippen LogP contribution in [0.4, 0.5) is 0 Å². The number of amides is 1. The Bertz CT molecular complexity index is 583. The standard InChI is InChI=1S/C13H17NO3S2/c1-18-12-6-4-3-5-11(12)13(15)14-8-7-10(9-14)19(2,16)17/h3-6,10H,7-9H2,1-2H3. The van der Waals surface area contributed by atoms with Gasteiger partial charge in [-0.25, -0.2) is 8.42 Å². The first-order valence-corrected chi connectivity index (χ1v) is 9.22. The molecular formula is C13H17NO3S2. The number of carbonyl (C=O) groups excluding carboxylic acids is 1. The summed E-state index contributed by atoms with van der Waals surface area (Å²) < 4.78 is 23.0. The molecule has 1 aliphatic heterocycles. The average molecular weight is 299 g/mol. The molecular weight excluding hydrogens is 282 g/mol. The predicted octanol–water partition coefficient (Wildman–Crippen LogP) is 1.67. The maximum absolute atomic E-state index is 12.4. The molecule has 1 aromatic rings. The van der Waals surface area contributed by atoms with Gasteiger partial charge in [-0.3, -0.25) is 4.79 Å². The van der Waals surface area contributed by atoms with E-state index in [9.17, 15) is 13.2 Å². The quantitative estimate of drug-likeness (QED) is 0.797. The molecule has 1 saturated heterocycles. The number of carbonyl (C=O) groups is 1. The van der Waals surface area contributed by atoms with Crippen molar-refractivity contribution in [2.75, 3.05) is 25.6 Å². The summed E-state index contributed by atoms with van der Waals surface area (Å²) in [6, 6.07) is 7.42. The molecule has 1 aromatic carbocycles. The lowest BCUT2D eigenvalue weighted by molar-refractivity contribution is 0.0790. The van der Waals surface area contributed by atoms with Gasteiger partial charge in [0.15, 0.2) is 9.84 Å². The summed E-state index contributed by atoms with van der Waals surface area (Å²) in [5.74, 6) is -0.0731. The van der Waals surface area contributed by atoms with E-state index < -0.39 is 15.1 Å². The summed E-state index contributed by atoms with van der Waals surface area (Å²) in [6.45, 7) is 0.819. The van der Waals surface area contributed by atoms with Gasteiger partial charge < -0.3 is 4.90 Å². The Morgan fingerprint density at radius 3 is 2.63 bits per heavy atom. The molecule has 1 amide bonds. The molecule has 1 unspecified atom stereocenters. The van der Waals surface area contributed by atoms with Crippen molar-refractivity contribution in [2.24, 2.45) is 0 Å². The summed E-state index contributed by atoms with van der Waals surface area (Å²) in [5.41, 5.74) is 0.657. The third-order valence-corrected chi connectivity index (χ3v) is 5.77. The minimum absolute atomic E-state index is 0.0731. The van der Waals surface area contributed by atoms with Crippen molar-refractivity contribution in [3.05, 3.63) is 29.8 Å². The van der Waals surface area contributed by atoms with Gasteiger partial charge in [0, 0.05) is 24.2 Å². The van der Waals surface area contributed by atoms with Crippen molar-refractivity contribution in [2.45, 2.75) is 16.6 Å². The lowest BCUT2D eigenvalue weighted by Crippen LogP contribution is -2.31. The van der Waals surface area contributed by atoms with E-state index in [1.165, 1.54) is 18.0 Å². The van der Waals surface area contributed by atoms with E-state index in [-0.39, 0.29) is 5.91 Å². The third kappa shape index (κ3) is 3.12. The highest BCUT2D eigenvalue weighted by Crippen LogP contribution is 2.24. The van der Waals surface area contributed by atoms with E-state index in [1.54, 1.807) is 11.0 Å². The summed E-state index contributed by atoms with van der Waals surface area (Å²) >= 11 is 1.52. The molecule has 1 heterocycles. The fourth-order valence-corrected chi connectivity index (χ4v) is 3.83. The summed E-state index contributed by atoms with van der Waals surface area (Å²) in [6.07, 6.45) is 3.70. The summed E-state index contributed by atoms with van der Waals surface area (Å²) in [5, 5.41) is -0.419. The molecule has 104 valence electrons. The van der Waals surface area contributed by atoms with Crippen molar-refractivity contribution in [1.29, 1.82) is 0 Å². The second kappa shape index (κ2) is 5.54. The molecule has 0 saturated carbocycles. The van der Waals surface area contributed by atoms with Gasteiger partial charge in [0.05, 0.1) is 10.8 Å². The van der Waals surface area contributed by atoms with Crippen LogP contribution in [0, 0.1) is 0 Å². The third-order valence-electron chi connectivity index (χ3n) is 3.38. The molecule has 2 rings (SSSR count). The van der Waals surface area contributed by atoms with Gasteiger partial charge in [-0.2, -0.15) is 0 Å². The zero-order valence-electron chi connectivity index (χ0n) is 11.0. The zero-order chi connectivity index (χ0) is 14.0. The van der Waals surface area contributed by atoms with Crippen molar-refractivity contribution in [3.63, 3.8) is 0 Å². The first-order valence-electron chi connectivity index (χ1n) is 6.04. The lowest BCUT2D eigenvalue weighted by Gasteiger charge is -2.17. The number of thioether (sulfide) groups is 1. The van der Waals surface area contributed by atoms with Crippen LogP contribution in [0.2, 0.25) is 0 Å². The van der Waals surface area contributed by atoms with Gasteiger partial charge in [-0.15, -0.1) is 11.8 Å². The molecule has 6 heteroatoms. The molecule has 4 nitrogen and oxygen atoms in total. The van der Waals surface area contributed by atoms with Gasteiger partial charge in [-0.1, -0.05) is 12.1 Å². The minimum atomic E-state index is -3.07. The van der Waals surface area contributed by atoms with E-state index in [4.69, 9.17) is 0 Å². The molecule has 19 heavy (non-hydrogen) atoms. The Kier molecular flexibility index (Phi) is 4.20. The predicted molar refractivity (Wildman–Crippen MR) is 77.4 cm³/mol.